The molecule has 3 bridgehead atoms. The first-order valence-corrected chi connectivity index (χ1v) is 19.0. The Bertz CT molecular complexity index is 1740. The molecule has 0 radical (unpaired) electrons. The first-order chi connectivity index (χ1) is 23.0. The third kappa shape index (κ3) is 7.28. The van der Waals surface area contributed by atoms with Gasteiger partial charge in [-0.15, -0.1) is 0 Å². The fraction of sp³-hybridized carbons (Fsp3) is 0.588. The van der Waals surface area contributed by atoms with Crippen molar-refractivity contribution in [1.82, 2.24) is 14.6 Å². The molecule has 2 aromatic carbocycles. The molecule has 2 saturated heterocycles. The first-order valence-electron chi connectivity index (χ1n) is 16.8. The maximum atomic E-state index is 14.2. The third-order valence-corrected chi connectivity index (χ3v) is 12.4. The minimum atomic E-state index is -3.89. The number of methoxy groups -OCH3 is 1. The van der Waals surface area contributed by atoms with Crippen molar-refractivity contribution in [3.63, 3.8) is 0 Å². The summed E-state index contributed by atoms with van der Waals surface area (Å²) in [6.07, 6.45) is 3.10. The van der Waals surface area contributed by atoms with Crippen molar-refractivity contribution in [2.75, 3.05) is 32.1 Å². The quantitative estimate of drug-likeness (QED) is 0.223. The number of anilines is 1. The Morgan fingerprint density at radius 1 is 1.17 bits per heavy atom. The van der Waals surface area contributed by atoms with Crippen LogP contribution >= 0.6 is 11.3 Å². The van der Waals surface area contributed by atoms with Crippen molar-refractivity contribution < 1.29 is 36.6 Å². The first kappa shape index (κ1) is 33.5. The lowest BCUT2D eigenvalue weighted by Crippen LogP contribution is -2.48. The number of hydrogen-bond acceptors (Lipinski definition) is 10. The van der Waals surface area contributed by atoms with Crippen molar-refractivity contribution in [3.05, 3.63) is 47.8 Å². The van der Waals surface area contributed by atoms with E-state index in [0.717, 1.165) is 46.6 Å². The van der Waals surface area contributed by atoms with Gasteiger partial charge in [-0.25, -0.2) is 22.6 Å². The van der Waals surface area contributed by atoms with Crippen LogP contribution in [0.3, 0.4) is 0 Å². The van der Waals surface area contributed by atoms with Crippen LogP contribution in [0, 0.1) is 23.6 Å². The third-order valence-electron chi connectivity index (χ3n) is 9.60. The number of hydrogen-bond donors (Lipinski definition) is 2. The number of halogens is 1. The lowest BCUT2D eigenvalue weighted by molar-refractivity contribution is -0.153. The number of ether oxygens (including phenoxy) is 4. The monoisotopic (exact) mass is 702 g/mol. The number of amides is 1. The minimum Gasteiger partial charge on any atom is -0.494 e. The molecule has 4 fully saturated rings. The standard InChI is InChI=1S/C34H43FN4O7S2/c1-19(2)17-39(48(41,42)25-7-9-27-30(16-25)47-33(38-27)36-23-5-6-23)11-10-24(12-20-4-8-26(35)28(13-20)43-3)37-34(40)46-31-22-14-21-15-29(31)45-32(21)44-18-22/h4,7-9,13,16,19,21-24,29,31-32H,5-6,10-12,14-15,17-18H2,1-3H3,(H,36,38)(H,37,40)/t21?,22?,24-,29?,31?,32?/m1/s1. The van der Waals surface area contributed by atoms with Crippen LogP contribution in [-0.2, 0) is 30.7 Å². The number of nitrogens with one attached hydrogen (secondary N) is 2. The summed E-state index contributed by atoms with van der Waals surface area (Å²) in [6.45, 7) is 4.87. The molecule has 3 aromatic rings. The lowest BCUT2D eigenvalue weighted by Gasteiger charge is -2.36. The average Bonchev–Trinajstić information content (AvgIpc) is 3.69. The van der Waals surface area contributed by atoms with Crippen molar-refractivity contribution in [2.24, 2.45) is 17.8 Å². The van der Waals surface area contributed by atoms with E-state index in [1.54, 1.807) is 30.3 Å². The molecular weight excluding hydrogens is 660 g/mol. The molecule has 7 rings (SSSR count). The molecule has 1 aromatic heterocycles. The van der Waals surface area contributed by atoms with E-state index >= 15 is 0 Å². The molecular formula is C34H43FN4O7S2. The lowest BCUT2D eigenvalue weighted by atomic mass is 9.78. The molecule has 2 saturated carbocycles. The number of alkyl carbamates (subject to hydrolysis) is 1. The number of benzene rings is 2. The van der Waals surface area contributed by atoms with Gasteiger partial charge in [0.2, 0.25) is 10.0 Å². The summed E-state index contributed by atoms with van der Waals surface area (Å²) in [5, 5.41) is 7.19. The van der Waals surface area contributed by atoms with Crippen LogP contribution in [0.2, 0.25) is 0 Å². The maximum absolute atomic E-state index is 14.2. The molecule has 48 heavy (non-hydrogen) atoms. The van der Waals surface area contributed by atoms with Gasteiger partial charge in [-0.05, 0) is 80.3 Å². The highest BCUT2D eigenvalue weighted by molar-refractivity contribution is 7.89. The maximum Gasteiger partial charge on any atom is 0.407 e. The smallest absolute Gasteiger partial charge is 0.407 e. The van der Waals surface area contributed by atoms with Gasteiger partial charge in [0.05, 0.1) is 34.9 Å². The number of carbonyl (C=O) groups excluding carboxylic acids is 1. The number of rotatable bonds is 14. The highest BCUT2D eigenvalue weighted by Gasteiger charge is 2.53. The van der Waals surface area contributed by atoms with E-state index in [1.807, 2.05) is 13.8 Å². The fourth-order valence-electron chi connectivity index (χ4n) is 7.08. The van der Waals surface area contributed by atoms with Gasteiger partial charge in [0.1, 0.15) is 6.10 Å². The molecule has 4 aliphatic rings. The molecule has 0 spiro atoms. The molecule has 1 amide bonds. The Labute approximate surface area is 284 Å². The van der Waals surface area contributed by atoms with E-state index in [-0.39, 0.29) is 41.4 Å². The molecule has 2 aliphatic carbocycles. The molecule has 6 atom stereocenters. The number of aromatic nitrogens is 1. The molecule has 2 N–H and O–H groups in total. The molecule has 14 heteroatoms. The number of nitrogens with zero attached hydrogens (tertiary/aromatic N) is 2. The van der Waals surface area contributed by atoms with E-state index in [4.69, 9.17) is 18.9 Å². The van der Waals surface area contributed by atoms with E-state index in [1.165, 1.54) is 28.8 Å². The van der Waals surface area contributed by atoms with Gasteiger partial charge < -0.3 is 29.6 Å². The van der Waals surface area contributed by atoms with Gasteiger partial charge in [-0.1, -0.05) is 31.3 Å². The van der Waals surface area contributed by atoms with Crippen LogP contribution < -0.4 is 15.4 Å². The van der Waals surface area contributed by atoms with E-state index in [0.29, 0.717) is 38.0 Å². The second-order valence-corrected chi connectivity index (χ2v) is 16.8. The normalized spacial score (nSPS) is 25.5. The highest BCUT2D eigenvalue weighted by atomic mass is 32.2. The predicted octanol–water partition coefficient (Wildman–Crippen LogP) is 5.54. The average molecular weight is 703 g/mol. The summed E-state index contributed by atoms with van der Waals surface area (Å²) in [4.78, 5) is 18.2. The Hall–Kier alpha value is -3.04. The predicted molar refractivity (Wildman–Crippen MR) is 179 cm³/mol. The zero-order chi connectivity index (χ0) is 33.6. The molecule has 11 nitrogen and oxygen atoms in total. The van der Waals surface area contributed by atoms with Crippen LogP contribution in [0.25, 0.3) is 10.2 Å². The Morgan fingerprint density at radius 2 is 2.00 bits per heavy atom. The van der Waals surface area contributed by atoms with Crippen molar-refractivity contribution in [1.29, 1.82) is 0 Å². The van der Waals surface area contributed by atoms with E-state index < -0.39 is 34.1 Å². The SMILES string of the molecule is COc1cc(C[C@@H](CCN(CC(C)C)S(=O)(=O)c2ccc3nc(NC4CC4)sc3c2)NC(=O)OC2C3COC4OC2CC4C3)ccc1F. The highest BCUT2D eigenvalue weighted by Crippen LogP contribution is 2.46. The topological polar surface area (TPSA) is 128 Å². The van der Waals surface area contributed by atoms with E-state index in [2.05, 4.69) is 15.6 Å². The van der Waals surface area contributed by atoms with Gasteiger partial charge >= 0.3 is 6.09 Å². The number of fused-ring (bicyclic) bond motifs is 3. The Kier molecular flexibility index (Phi) is 9.55. The Balaban J connectivity index is 1.09. The minimum absolute atomic E-state index is 0.0537. The Morgan fingerprint density at radius 3 is 2.77 bits per heavy atom. The molecule has 260 valence electrons. The summed E-state index contributed by atoms with van der Waals surface area (Å²) >= 11 is 1.45. The molecule has 5 unspecified atom stereocenters. The number of sulfonamides is 1. The van der Waals surface area contributed by atoms with Gasteiger partial charge in [0.25, 0.3) is 0 Å². The zero-order valence-corrected chi connectivity index (χ0v) is 29.0. The number of carbonyl (C=O) groups is 1. The summed E-state index contributed by atoms with van der Waals surface area (Å²) in [5.74, 6) is 0.0684. The van der Waals surface area contributed by atoms with Crippen molar-refractivity contribution in [3.8, 4) is 5.75 Å². The number of thiazole rings is 1. The summed E-state index contributed by atoms with van der Waals surface area (Å²) in [7, 11) is -2.49. The van der Waals surface area contributed by atoms with Crippen LogP contribution in [-0.4, -0.2) is 81.2 Å². The van der Waals surface area contributed by atoms with Gasteiger partial charge in [-0.2, -0.15) is 4.31 Å². The fourth-order valence-corrected chi connectivity index (χ4v) is 9.78. The summed E-state index contributed by atoms with van der Waals surface area (Å²) < 4.78 is 67.8. The van der Waals surface area contributed by atoms with Crippen LogP contribution in [0.15, 0.2) is 41.3 Å². The molecule has 3 heterocycles. The van der Waals surface area contributed by atoms with Crippen molar-refractivity contribution >= 4 is 42.8 Å². The van der Waals surface area contributed by atoms with Crippen LogP contribution in [0.4, 0.5) is 14.3 Å². The van der Waals surface area contributed by atoms with Gasteiger partial charge in [-0.3, -0.25) is 0 Å². The van der Waals surface area contributed by atoms with Crippen LogP contribution in [0.1, 0.15) is 51.5 Å². The van der Waals surface area contributed by atoms with Crippen LogP contribution in [0.5, 0.6) is 5.75 Å². The van der Waals surface area contributed by atoms with E-state index in [9.17, 15) is 17.6 Å². The van der Waals surface area contributed by atoms with Gasteiger partial charge in [0.15, 0.2) is 23.0 Å². The summed E-state index contributed by atoms with van der Waals surface area (Å²) in [5.41, 5.74) is 1.49. The summed E-state index contributed by atoms with van der Waals surface area (Å²) in [6, 6.07) is 9.55. The van der Waals surface area contributed by atoms with Gasteiger partial charge in [0, 0.05) is 37.0 Å². The largest absolute Gasteiger partial charge is 0.494 e. The van der Waals surface area contributed by atoms with Crippen molar-refractivity contribution in [2.45, 2.75) is 87.8 Å². The zero-order valence-electron chi connectivity index (χ0n) is 27.4. The second kappa shape index (κ2) is 13.7. The second-order valence-electron chi connectivity index (χ2n) is 13.9. The molecule has 2 aliphatic heterocycles.